The summed E-state index contributed by atoms with van der Waals surface area (Å²) >= 11 is 0. The van der Waals surface area contributed by atoms with Crippen molar-refractivity contribution in [2.75, 3.05) is 20.3 Å². The highest BCUT2D eigenvalue weighted by Gasteiger charge is 2.07. The molecule has 0 fully saturated rings. The van der Waals surface area contributed by atoms with Gasteiger partial charge in [-0.15, -0.1) is 0 Å². The van der Waals surface area contributed by atoms with E-state index in [0.29, 0.717) is 18.4 Å². The number of carbonyl (C=O) groups excluding carboxylic acids is 1. The number of esters is 1. The van der Waals surface area contributed by atoms with Crippen molar-refractivity contribution in [3.05, 3.63) is 29.8 Å². The zero-order valence-corrected chi connectivity index (χ0v) is 12.6. The smallest absolute Gasteiger partial charge is 0.344 e. The molecule has 1 rings (SSSR count). The SMILES string of the molecule is CCCCOC(=O)COc1ccc(C(CC)NC)cc1. The first-order valence-corrected chi connectivity index (χ1v) is 7.26. The van der Waals surface area contributed by atoms with Crippen molar-refractivity contribution in [3.63, 3.8) is 0 Å². The van der Waals surface area contributed by atoms with Crippen LogP contribution < -0.4 is 10.1 Å². The van der Waals surface area contributed by atoms with Crippen LogP contribution in [0.3, 0.4) is 0 Å². The van der Waals surface area contributed by atoms with Gasteiger partial charge in [0.25, 0.3) is 0 Å². The summed E-state index contributed by atoms with van der Waals surface area (Å²) in [5, 5.41) is 3.25. The average molecular weight is 279 g/mol. The standard InChI is InChI=1S/C16H25NO3/c1-4-6-11-19-16(18)12-20-14-9-7-13(8-10-14)15(5-2)17-3/h7-10,15,17H,4-6,11-12H2,1-3H3. The molecule has 0 aliphatic heterocycles. The first kappa shape index (κ1) is 16.5. The van der Waals surface area contributed by atoms with Gasteiger partial charge in [0.2, 0.25) is 0 Å². The van der Waals surface area contributed by atoms with Gasteiger partial charge in [-0.05, 0) is 37.6 Å². The van der Waals surface area contributed by atoms with E-state index in [0.717, 1.165) is 19.3 Å². The zero-order chi connectivity index (χ0) is 14.8. The molecule has 1 aromatic carbocycles. The molecule has 1 aromatic rings. The van der Waals surface area contributed by atoms with E-state index in [2.05, 4.69) is 19.2 Å². The fourth-order valence-corrected chi connectivity index (χ4v) is 1.92. The van der Waals surface area contributed by atoms with Gasteiger partial charge < -0.3 is 14.8 Å². The van der Waals surface area contributed by atoms with Crippen LogP contribution >= 0.6 is 0 Å². The third-order valence-electron chi connectivity index (χ3n) is 3.16. The highest BCUT2D eigenvalue weighted by atomic mass is 16.6. The maximum atomic E-state index is 11.4. The Bertz CT molecular complexity index is 385. The summed E-state index contributed by atoms with van der Waals surface area (Å²) in [5.74, 6) is 0.372. The molecule has 4 heteroatoms. The monoisotopic (exact) mass is 279 g/mol. The van der Waals surface area contributed by atoms with Gasteiger partial charge in [-0.2, -0.15) is 0 Å². The van der Waals surface area contributed by atoms with E-state index in [-0.39, 0.29) is 12.6 Å². The van der Waals surface area contributed by atoms with Gasteiger partial charge in [0, 0.05) is 6.04 Å². The van der Waals surface area contributed by atoms with Crippen LogP contribution in [-0.2, 0) is 9.53 Å². The summed E-state index contributed by atoms with van der Waals surface area (Å²) in [6.07, 6.45) is 2.93. The molecule has 0 aliphatic rings. The Hall–Kier alpha value is -1.55. The molecule has 112 valence electrons. The van der Waals surface area contributed by atoms with Gasteiger partial charge in [0.15, 0.2) is 6.61 Å². The van der Waals surface area contributed by atoms with E-state index >= 15 is 0 Å². The maximum Gasteiger partial charge on any atom is 0.344 e. The highest BCUT2D eigenvalue weighted by Crippen LogP contribution is 2.19. The van der Waals surface area contributed by atoms with E-state index in [1.807, 2.05) is 31.3 Å². The number of ether oxygens (including phenoxy) is 2. The predicted octanol–water partition coefficient (Wildman–Crippen LogP) is 3.08. The van der Waals surface area contributed by atoms with Crippen molar-refractivity contribution >= 4 is 5.97 Å². The molecule has 0 saturated heterocycles. The van der Waals surface area contributed by atoms with Crippen molar-refractivity contribution < 1.29 is 14.3 Å². The molecule has 1 unspecified atom stereocenters. The number of nitrogens with one attached hydrogen (secondary N) is 1. The number of carbonyl (C=O) groups is 1. The number of benzene rings is 1. The molecule has 0 saturated carbocycles. The van der Waals surface area contributed by atoms with E-state index in [4.69, 9.17) is 9.47 Å². The van der Waals surface area contributed by atoms with Gasteiger partial charge in [-0.3, -0.25) is 0 Å². The normalized spacial score (nSPS) is 11.9. The molecule has 20 heavy (non-hydrogen) atoms. The van der Waals surface area contributed by atoms with Gasteiger partial charge in [0.05, 0.1) is 6.61 Å². The third kappa shape index (κ3) is 5.61. The lowest BCUT2D eigenvalue weighted by molar-refractivity contribution is -0.146. The Morgan fingerprint density at radius 3 is 2.50 bits per heavy atom. The van der Waals surface area contributed by atoms with Crippen LogP contribution in [0.4, 0.5) is 0 Å². The van der Waals surface area contributed by atoms with Crippen molar-refractivity contribution in [1.82, 2.24) is 5.32 Å². The minimum Gasteiger partial charge on any atom is -0.482 e. The third-order valence-corrected chi connectivity index (χ3v) is 3.16. The molecular weight excluding hydrogens is 254 g/mol. The first-order valence-electron chi connectivity index (χ1n) is 7.26. The second kappa shape index (κ2) is 9.37. The lowest BCUT2D eigenvalue weighted by Gasteiger charge is -2.14. The predicted molar refractivity (Wildman–Crippen MR) is 79.9 cm³/mol. The van der Waals surface area contributed by atoms with Gasteiger partial charge in [0.1, 0.15) is 5.75 Å². The summed E-state index contributed by atoms with van der Waals surface area (Å²) < 4.78 is 10.4. The van der Waals surface area contributed by atoms with Gasteiger partial charge in [-0.1, -0.05) is 32.4 Å². The van der Waals surface area contributed by atoms with Crippen molar-refractivity contribution in [1.29, 1.82) is 0 Å². The molecule has 0 aliphatic carbocycles. The Labute approximate surface area is 121 Å². The number of rotatable bonds is 9. The quantitative estimate of drug-likeness (QED) is 0.557. The molecule has 0 bridgehead atoms. The van der Waals surface area contributed by atoms with Crippen LogP contribution in [0.15, 0.2) is 24.3 Å². The minimum absolute atomic E-state index is 0.0354. The number of unbranched alkanes of at least 4 members (excludes halogenated alkanes) is 1. The summed E-state index contributed by atoms with van der Waals surface area (Å²) in [4.78, 5) is 11.4. The summed E-state index contributed by atoms with van der Waals surface area (Å²) in [7, 11) is 1.95. The van der Waals surface area contributed by atoms with Crippen LogP contribution in [0.25, 0.3) is 0 Å². The fourth-order valence-electron chi connectivity index (χ4n) is 1.92. The molecule has 1 atom stereocenters. The van der Waals surface area contributed by atoms with E-state index in [9.17, 15) is 4.79 Å². The Morgan fingerprint density at radius 1 is 1.25 bits per heavy atom. The van der Waals surface area contributed by atoms with Crippen LogP contribution in [0, 0.1) is 0 Å². The van der Waals surface area contributed by atoms with Crippen LogP contribution in [0.1, 0.15) is 44.7 Å². The molecule has 0 heterocycles. The molecule has 0 radical (unpaired) electrons. The van der Waals surface area contributed by atoms with Crippen LogP contribution in [0.5, 0.6) is 5.75 Å². The average Bonchev–Trinajstić information content (AvgIpc) is 2.48. The molecule has 0 amide bonds. The van der Waals surface area contributed by atoms with Crippen LogP contribution in [0.2, 0.25) is 0 Å². The van der Waals surface area contributed by atoms with Crippen molar-refractivity contribution in [3.8, 4) is 5.75 Å². The molecule has 0 aromatic heterocycles. The lowest BCUT2D eigenvalue weighted by Crippen LogP contribution is -2.16. The van der Waals surface area contributed by atoms with E-state index in [1.54, 1.807) is 0 Å². The maximum absolute atomic E-state index is 11.4. The van der Waals surface area contributed by atoms with E-state index in [1.165, 1.54) is 5.56 Å². The van der Waals surface area contributed by atoms with Crippen LogP contribution in [-0.4, -0.2) is 26.2 Å². The second-order valence-electron chi connectivity index (χ2n) is 4.68. The van der Waals surface area contributed by atoms with Gasteiger partial charge >= 0.3 is 5.97 Å². The van der Waals surface area contributed by atoms with Crippen molar-refractivity contribution in [2.24, 2.45) is 0 Å². The summed E-state index contributed by atoms with van der Waals surface area (Å²) in [5.41, 5.74) is 1.22. The minimum atomic E-state index is -0.316. The summed E-state index contributed by atoms with van der Waals surface area (Å²) in [6, 6.07) is 8.15. The van der Waals surface area contributed by atoms with Gasteiger partial charge in [-0.25, -0.2) is 4.79 Å². The highest BCUT2D eigenvalue weighted by molar-refractivity contribution is 5.71. The number of hydrogen-bond acceptors (Lipinski definition) is 4. The molecule has 1 N–H and O–H groups in total. The fraction of sp³-hybridized carbons (Fsp3) is 0.562. The Balaban J connectivity index is 2.39. The van der Waals surface area contributed by atoms with E-state index < -0.39 is 0 Å². The Kier molecular flexibility index (Phi) is 7.73. The Morgan fingerprint density at radius 2 is 1.95 bits per heavy atom. The molecule has 4 nitrogen and oxygen atoms in total. The first-order chi connectivity index (χ1) is 9.71. The zero-order valence-electron chi connectivity index (χ0n) is 12.6. The molecule has 0 spiro atoms. The molecular formula is C16H25NO3. The van der Waals surface area contributed by atoms with Crippen molar-refractivity contribution in [2.45, 2.75) is 39.2 Å². The number of hydrogen-bond donors (Lipinski definition) is 1. The summed E-state index contributed by atoms with van der Waals surface area (Å²) in [6.45, 7) is 4.63. The largest absolute Gasteiger partial charge is 0.482 e. The topological polar surface area (TPSA) is 47.6 Å². The second-order valence-corrected chi connectivity index (χ2v) is 4.68. The lowest BCUT2D eigenvalue weighted by atomic mass is 10.1.